The van der Waals surface area contributed by atoms with Gasteiger partial charge in [0.05, 0.1) is 25.4 Å². The summed E-state index contributed by atoms with van der Waals surface area (Å²) in [5, 5.41) is 7.98. The molecule has 2 N–H and O–H groups in total. The van der Waals surface area contributed by atoms with Crippen molar-refractivity contribution in [2.24, 2.45) is 10.9 Å². The number of amides is 1. The van der Waals surface area contributed by atoms with Gasteiger partial charge in [0, 0.05) is 18.4 Å². The summed E-state index contributed by atoms with van der Waals surface area (Å²) in [6, 6.07) is 16.9. The molecule has 34 heavy (non-hydrogen) atoms. The number of oxime groups is 1. The average Bonchev–Trinajstić information content (AvgIpc) is 3.51. The largest absolute Gasteiger partial charge is 0.464 e. The first-order valence-corrected chi connectivity index (χ1v) is 10.8. The van der Waals surface area contributed by atoms with Gasteiger partial charge in [0.2, 0.25) is 5.89 Å². The second-order valence-corrected chi connectivity index (χ2v) is 7.66. The number of nitrogens with two attached hydrogens (primary N) is 1. The predicted octanol–water partition coefficient (Wildman–Crippen LogP) is 2.37. The van der Waals surface area contributed by atoms with E-state index < -0.39 is 12.0 Å². The Bertz CT molecular complexity index is 1160. The van der Waals surface area contributed by atoms with E-state index in [1.54, 1.807) is 17.0 Å². The minimum Gasteiger partial charge on any atom is -0.464 e. The number of hydrogen-bond acceptors (Lipinski definition) is 9. The molecule has 0 bridgehead atoms. The Labute approximate surface area is 196 Å². The second-order valence-electron chi connectivity index (χ2n) is 7.66. The molecule has 1 saturated heterocycles. The molecule has 1 aliphatic rings. The number of rotatable bonds is 8. The van der Waals surface area contributed by atoms with Crippen molar-refractivity contribution >= 4 is 17.6 Å². The molecular formula is C24H25N5O5. The minimum atomic E-state index is -0.505. The van der Waals surface area contributed by atoms with Crippen LogP contribution in [0.15, 0.2) is 64.3 Å². The Morgan fingerprint density at radius 3 is 2.59 bits per heavy atom. The summed E-state index contributed by atoms with van der Waals surface area (Å²) in [6.07, 6.45) is 0.682. The molecule has 2 heterocycles. The number of carbonyl (C=O) groups excluding carboxylic acids is 2. The second kappa shape index (κ2) is 10.7. The third kappa shape index (κ3) is 5.29. The van der Waals surface area contributed by atoms with Crippen LogP contribution in [0.2, 0.25) is 0 Å². The lowest BCUT2D eigenvalue weighted by Gasteiger charge is -2.21. The van der Waals surface area contributed by atoms with E-state index in [-0.39, 0.29) is 37.9 Å². The number of hydrogen-bond donors (Lipinski definition) is 1. The molecule has 1 atom stereocenters. The topological polar surface area (TPSA) is 133 Å². The molecule has 10 heteroatoms. The van der Waals surface area contributed by atoms with Gasteiger partial charge in [0.25, 0.3) is 5.91 Å². The molecule has 0 aliphatic carbocycles. The van der Waals surface area contributed by atoms with Crippen LogP contribution in [-0.4, -0.2) is 59.4 Å². The molecule has 1 fully saturated rings. The number of esters is 1. The van der Waals surface area contributed by atoms with Crippen LogP contribution in [-0.2, 0) is 20.8 Å². The molecule has 10 nitrogen and oxygen atoms in total. The predicted molar refractivity (Wildman–Crippen MR) is 123 cm³/mol. The van der Waals surface area contributed by atoms with Crippen molar-refractivity contribution in [3.05, 3.63) is 71.9 Å². The fraction of sp³-hybridized carbons (Fsp3) is 0.292. The molecule has 0 saturated carbocycles. The third-order valence-corrected chi connectivity index (χ3v) is 5.40. The lowest BCUT2D eigenvalue weighted by Crippen LogP contribution is -2.31. The van der Waals surface area contributed by atoms with Crippen molar-refractivity contribution in [2.75, 3.05) is 26.8 Å². The molecule has 4 rings (SSSR count). The van der Waals surface area contributed by atoms with Crippen LogP contribution >= 0.6 is 0 Å². The highest BCUT2D eigenvalue weighted by Gasteiger charge is 2.38. The first kappa shape index (κ1) is 23.1. The highest BCUT2D eigenvalue weighted by molar-refractivity contribution is 6.00. The molecule has 2 aromatic carbocycles. The van der Waals surface area contributed by atoms with Crippen molar-refractivity contribution in [3.8, 4) is 11.1 Å². The zero-order valence-corrected chi connectivity index (χ0v) is 18.7. The SMILES string of the molecule is CON=C1C[C@@H](c2nc(CCOC(=O)CN)no2)N(C(=O)c2ccc(-c3ccccc3)cc2)C1. The number of nitrogens with zero attached hydrogens (tertiary/aromatic N) is 4. The van der Waals surface area contributed by atoms with E-state index in [0.717, 1.165) is 11.1 Å². The zero-order valence-electron chi connectivity index (χ0n) is 18.7. The van der Waals surface area contributed by atoms with Gasteiger partial charge < -0.3 is 24.7 Å². The van der Waals surface area contributed by atoms with E-state index in [1.807, 2.05) is 42.5 Å². The van der Waals surface area contributed by atoms with Crippen LogP contribution in [0.1, 0.15) is 34.5 Å². The van der Waals surface area contributed by atoms with Crippen molar-refractivity contribution in [3.63, 3.8) is 0 Å². The molecular weight excluding hydrogens is 438 g/mol. The maximum Gasteiger partial charge on any atom is 0.319 e. The van der Waals surface area contributed by atoms with Crippen molar-refractivity contribution in [1.82, 2.24) is 15.0 Å². The van der Waals surface area contributed by atoms with Crippen LogP contribution in [0, 0.1) is 0 Å². The lowest BCUT2D eigenvalue weighted by atomic mass is 10.0. The standard InChI is InChI=1S/C24H25N5O5/c1-32-27-19-13-20(23-26-21(28-34-23)11-12-33-22(30)14-25)29(15-19)24(31)18-9-7-17(8-10-18)16-5-3-2-4-6-16/h2-10,20H,11-15,25H2,1H3/t20-/m0/s1. The van der Waals surface area contributed by atoms with Gasteiger partial charge >= 0.3 is 5.97 Å². The molecule has 3 aromatic rings. The van der Waals surface area contributed by atoms with Crippen LogP contribution in [0.3, 0.4) is 0 Å². The van der Waals surface area contributed by atoms with Gasteiger partial charge in [-0.05, 0) is 23.3 Å². The molecule has 0 spiro atoms. The third-order valence-electron chi connectivity index (χ3n) is 5.40. The Kier molecular flexibility index (Phi) is 7.28. The number of carbonyl (C=O) groups is 2. The molecule has 1 amide bonds. The van der Waals surface area contributed by atoms with E-state index in [9.17, 15) is 9.59 Å². The smallest absolute Gasteiger partial charge is 0.319 e. The van der Waals surface area contributed by atoms with E-state index >= 15 is 0 Å². The summed E-state index contributed by atoms with van der Waals surface area (Å²) in [7, 11) is 1.46. The van der Waals surface area contributed by atoms with Crippen LogP contribution < -0.4 is 5.73 Å². The molecule has 1 aliphatic heterocycles. The molecule has 176 valence electrons. The summed E-state index contributed by atoms with van der Waals surface area (Å²) < 4.78 is 10.4. The fourth-order valence-corrected chi connectivity index (χ4v) is 3.76. The van der Waals surface area contributed by atoms with E-state index in [2.05, 4.69) is 15.3 Å². The summed E-state index contributed by atoms with van der Waals surface area (Å²) in [4.78, 5) is 35.5. The maximum absolute atomic E-state index is 13.4. The van der Waals surface area contributed by atoms with Crippen molar-refractivity contribution in [2.45, 2.75) is 18.9 Å². The molecule has 0 unspecified atom stereocenters. The maximum atomic E-state index is 13.4. The zero-order chi connectivity index (χ0) is 23.9. The number of benzene rings is 2. The Morgan fingerprint density at radius 2 is 1.88 bits per heavy atom. The number of aromatic nitrogens is 2. The Balaban J connectivity index is 1.51. The van der Waals surface area contributed by atoms with Crippen LogP contribution in [0.5, 0.6) is 0 Å². The van der Waals surface area contributed by atoms with Gasteiger partial charge in [-0.2, -0.15) is 4.98 Å². The Hall–Kier alpha value is -4.05. The summed E-state index contributed by atoms with van der Waals surface area (Å²) in [5.74, 6) is -0.0233. The van der Waals surface area contributed by atoms with Gasteiger partial charge in [-0.1, -0.05) is 52.8 Å². The first-order chi connectivity index (χ1) is 16.6. The lowest BCUT2D eigenvalue weighted by molar-refractivity contribution is -0.141. The normalized spacial score (nSPS) is 16.6. The average molecular weight is 463 g/mol. The van der Waals surface area contributed by atoms with Gasteiger partial charge in [-0.15, -0.1) is 0 Å². The Morgan fingerprint density at radius 1 is 1.15 bits per heavy atom. The highest BCUT2D eigenvalue weighted by Crippen LogP contribution is 2.32. The van der Waals surface area contributed by atoms with E-state index in [0.29, 0.717) is 23.5 Å². The van der Waals surface area contributed by atoms with Gasteiger partial charge in [-0.25, -0.2) is 0 Å². The highest BCUT2D eigenvalue weighted by atomic mass is 16.6. The first-order valence-electron chi connectivity index (χ1n) is 10.8. The molecule has 1 aromatic heterocycles. The van der Waals surface area contributed by atoms with Crippen LogP contribution in [0.25, 0.3) is 11.1 Å². The van der Waals surface area contributed by atoms with E-state index in [1.165, 1.54) is 7.11 Å². The van der Waals surface area contributed by atoms with Gasteiger partial charge in [0.1, 0.15) is 13.2 Å². The molecule has 0 radical (unpaired) electrons. The monoisotopic (exact) mass is 463 g/mol. The van der Waals surface area contributed by atoms with Gasteiger partial charge in [0.15, 0.2) is 5.82 Å². The quantitative estimate of drug-likeness (QED) is 0.398. The fourth-order valence-electron chi connectivity index (χ4n) is 3.76. The van der Waals surface area contributed by atoms with Crippen molar-refractivity contribution in [1.29, 1.82) is 0 Å². The number of ether oxygens (including phenoxy) is 1. The number of likely N-dealkylation sites (tertiary alicyclic amines) is 1. The summed E-state index contributed by atoms with van der Waals surface area (Å²) in [6.45, 7) is 0.181. The summed E-state index contributed by atoms with van der Waals surface area (Å²) in [5.41, 5.74) is 8.55. The van der Waals surface area contributed by atoms with Gasteiger partial charge in [-0.3, -0.25) is 9.59 Å². The summed E-state index contributed by atoms with van der Waals surface area (Å²) >= 11 is 0. The minimum absolute atomic E-state index is 0.0897. The van der Waals surface area contributed by atoms with E-state index in [4.69, 9.17) is 19.8 Å². The van der Waals surface area contributed by atoms with Crippen LogP contribution in [0.4, 0.5) is 0 Å². The van der Waals surface area contributed by atoms with Crippen molar-refractivity contribution < 1.29 is 23.7 Å².